The lowest BCUT2D eigenvalue weighted by Crippen LogP contribution is -2.54. The van der Waals surface area contributed by atoms with Crippen molar-refractivity contribution in [2.24, 2.45) is 0 Å². The summed E-state index contributed by atoms with van der Waals surface area (Å²) in [6.45, 7) is 8.17. The minimum absolute atomic E-state index is 0.500. The first-order chi connectivity index (χ1) is 6.95. The molecule has 5 heteroatoms. The summed E-state index contributed by atoms with van der Waals surface area (Å²) in [5.41, 5.74) is 0. The van der Waals surface area contributed by atoms with E-state index in [0.29, 0.717) is 13.2 Å². The predicted octanol–water partition coefficient (Wildman–Crippen LogP) is 1.30. The Hall–Kier alpha value is -0.200. The van der Waals surface area contributed by atoms with E-state index in [-0.39, 0.29) is 0 Å². The third-order valence-corrected chi connectivity index (χ3v) is 1.99. The molecule has 0 heterocycles. The first kappa shape index (κ1) is 14.8. The Morgan fingerprint density at radius 1 is 0.867 bits per heavy atom. The van der Waals surface area contributed by atoms with E-state index < -0.39 is 11.8 Å². The lowest BCUT2D eigenvalue weighted by molar-refractivity contribution is -0.321. The largest absolute Gasteiger partial charge is 0.340 e. The highest BCUT2D eigenvalue weighted by Gasteiger charge is 2.38. The molecule has 0 amide bonds. The van der Waals surface area contributed by atoms with Crippen LogP contribution in [-0.4, -0.2) is 39.3 Å². The summed E-state index contributed by atoms with van der Waals surface area (Å²) in [6.07, 6.45) is 0. The summed E-state index contributed by atoms with van der Waals surface area (Å²) >= 11 is 0. The second kappa shape index (κ2) is 6.40. The molecule has 0 N–H and O–H groups in total. The number of hydrogen-bond acceptors (Lipinski definition) is 4. The van der Waals surface area contributed by atoms with Gasteiger partial charge in [-0.05, 0) is 13.8 Å². The van der Waals surface area contributed by atoms with Gasteiger partial charge in [-0.1, -0.05) is 0 Å². The molecule has 0 aliphatic carbocycles. The van der Waals surface area contributed by atoms with E-state index in [4.69, 9.17) is 18.9 Å². The number of ether oxygens (including phenoxy) is 4. The van der Waals surface area contributed by atoms with Crippen molar-refractivity contribution in [3.63, 3.8) is 0 Å². The van der Waals surface area contributed by atoms with Gasteiger partial charge in [0.05, 0.1) is 0 Å². The van der Waals surface area contributed by atoms with E-state index in [2.05, 4.69) is 5.32 Å². The van der Waals surface area contributed by atoms with Crippen molar-refractivity contribution >= 4 is 0 Å². The van der Waals surface area contributed by atoms with Crippen LogP contribution < -0.4 is 5.32 Å². The van der Waals surface area contributed by atoms with Crippen LogP contribution in [0.1, 0.15) is 27.7 Å². The van der Waals surface area contributed by atoms with Crippen molar-refractivity contribution in [1.29, 1.82) is 0 Å². The fourth-order valence-electron chi connectivity index (χ4n) is 1.18. The molecular formula is C10H22NO4. The van der Waals surface area contributed by atoms with Crippen LogP contribution in [0.5, 0.6) is 0 Å². The Balaban J connectivity index is 4.47. The van der Waals surface area contributed by atoms with Crippen LogP contribution in [-0.2, 0) is 18.9 Å². The quantitative estimate of drug-likeness (QED) is 0.579. The Morgan fingerprint density at radius 3 is 1.40 bits per heavy atom. The minimum atomic E-state index is -1.05. The second-order valence-electron chi connectivity index (χ2n) is 3.18. The van der Waals surface area contributed by atoms with E-state index in [1.165, 1.54) is 14.2 Å². The molecule has 2 unspecified atom stereocenters. The van der Waals surface area contributed by atoms with E-state index in [9.17, 15) is 0 Å². The van der Waals surface area contributed by atoms with Crippen molar-refractivity contribution in [2.45, 2.75) is 39.5 Å². The zero-order valence-electron chi connectivity index (χ0n) is 10.5. The van der Waals surface area contributed by atoms with Gasteiger partial charge in [-0.2, -0.15) is 0 Å². The molecule has 0 aromatic carbocycles. The molecule has 0 fully saturated rings. The van der Waals surface area contributed by atoms with Gasteiger partial charge in [-0.15, -0.1) is 5.32 Å². The molecule has 2 atom stereocenters. The maximum absolute atomic E-state index is 5.37. The molecule has 0 aliphatic heterocycles. The Kier molecular flexibility index (Phi) is 6.31. The van der Waals surface area contributed by atoms with Crippen molar-refractivity contribution in [3.05, 3.63) is 0 Å². The normalized spacial score (nSPS) is 19.6. The molecule has 0 bridgehead atoms. The van der Waals surface area contributed by atoms with Crippen LogP contribution in [0.3, 0.4) is 0 Å². The molecule has 0 aliphatic rings. The van der Waals surface area contributed by atoms with Gasteiger partial charge in [0.15, 0.2) is 0 Å². The fraction of sp³-hybridized carbons (Fsp3) is 1.00. The summed E-state index contributed by atoms with van der Waals surface area (Å²) in [5.74, 6) is -2.09. The average molecular weight is 220 g/mol. The van der Waals surface area contributed by atoms with E-state index in [1.807, 2.05) is 13.8 Å². The third-order valence-electron chi connectivity index (χ3n) is 1.99. The molecular weight excluding hydrogens is 198 g/mol. The van der Waals surface area contributed by atoms with Crippen molar-refractivity contribution in [2.75, 3.05) is 27.4 Å². The number of hydrogen-bond donors (Lipinski definition) is 0. The van der Waals surface area contributed by atoms with E-state index in [0.717, 1.165) is 0 Å². The Bertz CT molecular complexity index is 161. The average Bonchev–Trinajstić information content (AvgIpc) is 2.18. The Morgan fingerprint density at radius 2 is 1.20 bits per heavy atom. The first-order valence-electron chi connectivity index (χ1n) is 5.07. The summed E-state index contributed by atoms with van der Waals surface area (Å²) in [7, 11) is 3.06. The van der Waals surface area contributed by atoms with Gasteiger partial charge in [0.1, 0.15) is 0 Å². The summed E-state index contributed by atoms with van der Waals surface area (Å²) in [5, 5.41) is 4.27. The van der Waals surface area contributed by atoms with Crippen molar-refractivity contribution in [1.82, 2.24) is 5.32 Å². The zero-order chi connectivity index (χ0) is 11.9. The number of nitrogens with zero attached hydrogens (tertiary/aromatic N) is 1. The third kappa shape index (κ3) is 4.90. The van der Waals surface area contributed by atoms with Crippen LogP contribution in [0.4, 0.5) is 0 Å². The highest BCUT2D eigenvalue weighted by Crippen LogP contribution is 2.18. The molecule has 0 saturated heterocycles. The molecule has 0 aromatic heterocycles. The maximum atomic E-state index is 5.37. The number of methoxy groups -OCH3 is 2. The lowest BCUT2D eigenvalue weighted by Gasteiger charge is -2.36. The van der Waals surface area contributed by atoms with Gasteiger partial charge < -0.3 is 18.9 Å². The van der Waals surface area contributed by atoms with Crippen LogP contribution in [0.2, 0.25) is 0 Å². The highest BCUT2D eigenvalue weighted by molar-refractivity contribution is 4.67. The number of rotatable bonds is 8. The molecule has 91 valence electrons. The van der Waals surface area contributed by atoms with Gasteiger partial charge in [0.2, 0.25) is 11.8 Å². The van der Waals surface area contributed by atoms with Gasteiger partial charge in [-0.3, -0.25) is 0 Å². The molecule has 5 nitrogen and oxygen atoms in total. The predicted molar refractivity (Wildman–Crippen MR) is 56.2 cm³/mol. The van der Waals surface area contributed by atoms with E-state index in [1.54, 1.807) is 13.8 Å². The van der Waals surface area contributed by atoms with Gasteiger partial charge in [0, 0.05) is 41.3 Å². The topological polar surface area (TPSA) is 51.0 Å². The zero-order valence-corrected chi connectivity index (χ0v) is 10.5. The summed E-state index contributed by atoms with van der Waals surface area (Å²) in [6, 6.07) is 0. The smallest absolute Gasteiger partial charge is 0.244 e. The standard InChI is InChI=1S/C10H22NO4/c1-7-14-9(3,12-5)11-10(4,13-6)15-8-2/h7-8H2,1-6H3. The van der Waals surface area contributed by atoms with E-state index >= 15 is 0 Å². The van der Waals surface area contributed by atoms with Crippen LogP contribution in [0.25, 0.3) is 0 Å². The van der Waals surface area contributed by atoms with Gasteiger partial charge >= 0.3 is 0 Å². The SMILES string of the molecule is CCOC(C)([N]C(C)(OC)OCC)OC. The molecule has 0 aromatic rings. The first-order valence-corrected chi connectivity index (χ1v) is 5.07. The summed E-state index contributed by atoms with van der Waals surface area (Å²) in [4.78, 5) is 0. The molecule has 0 rings (SSSR count). The summed E-state index contributed by atoms with van der Waals surface area (Å²) < 4.78 is 21.1. The van der Waals surface area contributed by atoms with Gasteiger partial charge in [0.25, 0.3) is 0 Å². The Labute approximate surface area is 92.0 Å². The highest BCUT2D eigenvalue weighted by atomic mass is 16.7. The molecule has 0 spiro atoms. The lowest BCUT2D eigenvalue weighted by atomic mass is 10.4. The maximum Gasteiger partial charge on any atom is 0.244 e. The minimum Gasteiger partial charge on any atom is -0.340 e. The fourth-order valence-corrected chi connectivity index (χ4v) is 1.18. The monoisotopic (exact) mass is 220 g/mol. The van der Waals surface area contributed by atoms with Crippen LogP contribution in [0.15, 0.2) is 0 Å². The second-order valence-corrected chi connectivity index (χ2v) is 3.18. The molecule has 1 radical (unpaired) electrons. The molecule has 15 heavy (non-hydrogen) atoms. The van der Waals surface area contributed by atoms with Crippen LogP contribution in [0, 0.1) is 0 Å². The van der Waals surface area contributed by atoms with Crippen molar-refractivity contribution in [3.8, 4) is 0 Å². The van der Waals surface area contributed by atoms with Crippen molar-refractivity contribution < 1.29 is 18.9 Å². The van der Waals surface area contributed by atoms with Gasteiger partial charge in [-0.25, -0.2) is 0 Å². The molecule has 0 saturated carbocycles. The van der Waals surface area contributed by atoms with Crippen LogP contribution >= 0.6 is 0 Å².